The number of amides is 1. The summed E-state index contributed by atoms with van der Waals surface area (Å²) in [5, 5.41) is 7.40. The Labute approximate surface area is 114 Å². The Kier molecular flexibility index (Phi) is 3.89. The first-order valence-corrected chi connectivity index (χ1v) is 5.97. The zero-order valence-electron chi connectivity index (χ0n) is 9.54. The van der Waals surface area contributed by atoms with E-state index in [1.807, 2.05) is 0 Å². The molecule has 0 bridgehead atoms. The quantitative estimate of drug-likeness (QED) is 0.942. The summed E-state index contributed by atoms with van der Waals surface area (Å²) < 4.78 is 4.85. The molecule has 0 saturated carbocycles. The normalized spacial score (nSPS) is 10.4. The molecule has 0 unspecified atom stereocenters. The van der Waals surface area contributed by atoms with Gasteiger partial charge < -0.3 is 9.84 Å². The Morgan fingerprint density at radius 1 is 1.39 bits per heavy atom. The number of aryl methyl sites for hydroxylation is 1. The molecule has 1 heterocycles. The number of aromatic nitrogens is 1. The molecule has 94 valence electrons. The molecule has 0 fully saturated rings. The maximum Gasteiger partial charge on any atom is 0.290 e. The van der Waals surface area contributed by atoms with Crippen molar-refractivity contribution in [1.82, 2.24) is 10.5 Å². The Balaban J connectivity index is 2.01. The molecule has 0 aliphatic carbocycles. The third kappa shape index (κ3) is 3.03. The first kappa shape index (κ1) is 12.9. The zero-order chi connectivity index (χ0) is 13.1. The van der Waals surface area contributed by atoms with Gasteiger partial charge in [-0.05, 0) is 24.6 Å². The van der Waals surface area contributed by atoms with Gasteiger partial charge in [0.15, 0.2) is 0 Å². The number of carbonyl (C=O) groups excluding carboxylic acids is 1. The van der Waals surface area contributed by atoms with Gasteiger partial charge in [0.1, 0.15) is 0 Å². The van der Waals surface area contributed by atoms with Crippen molar-refractivity contribution >= 4 is 29.1 Å². The Morgan fingerprint density at radius 2 is 2.17 bits per heavy atom. The second-order valence-corrected chi connectivity index (χ2v) is 4.59. The molecule has 1 N–H and O–H groups in total. The number of carbonyl (C=O) groups is 1. The summed E-state index contributed by atoms with van der Waals surface area (Å²) in [5.74, 6) is -0.154. The molecule has 2 rings (SSSR count). The lowest BCUT2D eigenvalue weighted by Crippen LogP contribution is -2.22. The van der Waals surface area contributed by atoms with Crippen LogP contribution >= 0.6 is 23.2 Å². The van der Waals surface area contributed by atoms with Crippen molar-refractivity contribution in [2.75, 3.05) is 0 Å². The SMILES string of the molecule is Cc1cc(C(=O)NCc2ccc(Cl)cc2Cl)on1. The van der Waals surface area contributed by atoms with Gasteiger partial charge in [-0.2, -0.15) is 0 Å². The molecule has 0 aliphatic heterocycles. The molecule has 1 aromatic carbocycles. The molecule has 18 heavy (non-hydrogen) atoms. The fourth-order valence-corrected chi connectivity index (χ4v) is 1.87. The van der Waals surface area contributed by atoms with Crippen LogP contribution in [0.4, 0.5) is 0 Å². The van der Waals surface area contributed by atoms with Crippen molar-refractivity contribution in [3.05, 3.63) is 51.3 Å². The fourth-order valence-electron chi connectivity index (χ4n) is 1.40. The molecular formula is C12H10Cl2N2O2. The summed E-state index contributed by atoms with van der Waals surface area (Å²) in [5.41, 5.74) is 1.44. The van der Waals surface area contributed by atoms with E-state index in [-0.39, 0.29) is 11.7 Å². The Bertz CT molecular complexity index is 581. The molecule has 0 aliphatic rings. The summed E-state index contributed by atoms with van der Waals surface area (Å²) >= 11 is 11.8. The number of hydrogen-bond acceptors (Lipinski definition) is 3. The predicted octanol–water partition coefficient (Wildman–Crippen LogP) is 3.22. The van der Waals surface area contributed by atoms with Gasteiger partial charge in [0.25, 0.3) is 5.91 Å². The lowest BCUT2D eigenvalue weighted by Gasteiger charge is -2.05. The number of rotatable bonds is 3. The van der Waals surface area contributed by atoms with Gasteiger partial charge in [-0.3, -0.25) is 4.79 Å². The molecule has 1 aromatic heterocycles. The second kappa shape index (κ2) is 5.42. The van der Waals surface area contributed by atoms with Crippen LogP contribution in [-0.2, 0) is 6.54 Å². The van der Waals surface area contributed by atoms with Crippen LogP contribution in [0.5, 0.6) is 0 Å². The average molecular weight is 285 g/mol. The highest BCUT2D eigenvalue weighted by Gasteiger charge is 2.11. The van der Waals surface area contributed by atoms with E-state index < -0.39 is 0 Å². The molecule has 0 spiro atoms. The molecule has 4 nitrogen and oxygen atoms in total. The number of nitrogens with one attached hydrogen (secondary N) is 1. The first-order chi connectivity index (χ1) is 8.56. The van der Waals surface area contributed by atoms with Crippen molar-refractivity contribution in [3.8, 4) is 0 Å². The molecule has 1 amide bonds. The summed E-state index contributed by atoms with van der Waals surface area (Å²) in [7, 11) is 0. The van der Waals surface area contributed by atoms with Gasteiger partial charge in [0.2, 0.25) is 5.76 Å². The van der Waals surface area contributed by atoms with Crippen molar-refractivity contribution in [2.45, 2.75) is 13.5 Å². The minimum atomic E-state index is -0.332. The van der Waals surface area contributed by atoms with Crippen molar-refractivity contribution in [3.63, 3.8) is 0 Å². The number of halogens is 2. The molecule has 0 atom stereocenters. The van der Waals surface area contributed by atoms with Crippen LogP contribution < -0.4 is 5.32 Å². The van der Waals surface area contributed by atoms with E-state index in [4.69, 9.17) is 27.7 Å². The van der Waals surface area contributed by atoms with Gasteiger partial charge >= 0.3 is 0 Å². The highest BCUT2D eigenvalue weighted by molar-refractivity contribution is 6.35. The molecule has 2 aromatic rings. The van der Waals surface area contributed by atoms with Gasteiger partial charge in [0, 0.05) is 22.7 Å². The maximum absolute atomic E-state index is 11.7. The van der Waals surface area contributed by atoms with Crippen LogP contribution in [-0.4, -0.2) is 11.1 Å². The monoisotopic (exact) mass is 284 g/mol. The molecular weight excluding hydrogens is 275 g/mol. The summed E-state index contributed by atoms with van der Waals surface area (Å²) in [6.07, 6.45) is 0. The van der Waals surface area contributed by atoms with Crippen LogP contribution in [0, 0.1) is 6.92 Å². The minimum absolute atomic E-state index is 0.178. The number of benzene rings is 1. The second-order valence-electron chi connectivity index (χ2n) is 3.75. The minimum Gasteiger partial charge on any atom is -0.351 e. The summed E-state index contributed by atoms with van der Waals surface area (Å²) in [4.78, 5) is 11.7. The van der Waals surface area contributed by atoms with Gasteiger partial charge in [-0.25, -0.2) is 0 Å². The van der Waals surface area contributed by atoms with E-state index in [2.05, 4.69) is 10.5 Å². The third-order valence-electron chi connectivity index (χ3n) is 2.31. The van der Waals surface area contributed by atoms with Crippen LogP contribution in [0.3, 0.4) is 0 Å². The van der Waals surface area contributed by atoms with E-state index in [1.165, 1.54) is 0 Å². The average Bonchev–Trinajstić information content (AvgIpc) is 2.74. The fraction of sp³-hybridized carbons (Fsp3) is 0.167. The maximum atomic E-state index is 11.7. The van der Waals surface area contributed by atoms with Crippen LogP contribution in [0.25, 0.3) is 0 Å². The van der Waals surface area contributed by atoms with Gasteiger partial charge in [0.05, 0.1) is 5.69 Å². The van der Waals surface area contributed by atoms with E-state index >= 15 is 0 Å². The number of nitrogens with zero attached hydrogens (tertiary/aromatic N) is 1. The van der Waals surface area contributed by atoms with Crippen LogP contribution in [0.15, 0.2) is 28.8 Å². The van der Waals surface area contributed by atoms with E-state index in [0.717, 1.165) is 5.56 Å². The predicted molar refractivity (Wildman–Crippen MR) is 68.9 cm³/mol. The Hall–Kier alpha value is -1.52. The highest BCUT2D eigenvalue weighted by atomic mass is 35.5. The van der Waals surface area contributed by atoms with Crippen LogP contribution in [0.2, 0.25) is 10.0 Å². The first-order valence-electron chi connectivity index (χ1n) is 5.21. The number of hydrogen-bond donors (Lipinski definition) is 1. The summed E-state index contributed by atoms with van der Waals surface area (Å²) in [6, 6.07) is 6.67. The molecule has 0 saturated heterocycles. The lowest BCUT2D eigenvalue weighted by molar-refractivity contribution is 0.0914. The smallest absolute Gasteiger partial charge is 0.290 e. The zero-order valence-corrected chi connectivity index (χ0v) is 11.0. The van der Waals surface area contributed by atoms with Gasteiger partial charge in [-0.15, -0.1) is 0 Å². The standard InChI is InChI=1S/C12H10Cl2N2O2/c1-7-4-11(18-16-7)12(17)15-6-8-2-3-9(13)5-10(8)14/h2-5H,6H2,1H3,(H,15,17). The largest absolute Gasteiger partial charge is 0.351 e. The highest BCUT2D eigenvalue weighted by Crippen LogP contribution is 2.20. The van der Waals surface area contributed by atoms with Crippen molar-refractivity contribution in [2.24, 2.45) is 0 Å². The third-order valence-corrected chi connectivity index (χ3v) is 2.89. The van der Waals surface area contributed by atoms with Crippen molar-refractivity contribution < 1.29 is 9.32 Å². The lowest BCUT2D eigenvalue weighted by atomic mass is 10.2. The molecule has 6 heteroatoms. The Morgan fingerprint density at radius 3 is 2.78 bits per heavy atom. The van der Waals surface area contributed by atoms with E-state index in [9.17, 15) is 4.79 Å². The summed E-state index contributed by atoms with van der Waals surface area (Å²) in [6.45, 7) is 2.05. The topological polar surface area (TPSA) is 55.1 Å². The van der Waals surface area contributed by atoms with E-state index in [0.29, 0.717) is 22.3 Å². The van der Waals surface area contributed by atoms with E-state index in [1.54, 1.807) is 31.2 Å². The molecule has 0 radical (unpaired) electrons. The van der Waals surface area contributed by atoms with Gasteiger partial charge in [-0.1, -0.05) is 34.4 Å². The van der Waals surface area contributed by atoms with Crippen LogP contribution in [0.1, 0.15) is 21.8 Å². The van der Waals surface area contributed by atoms with Crippen molar-refractivity contribution in [1.29, 1.82) is 0 Å².